The van der Waals surface area contributed by atoms with Crippen molar-refractivity contribution >= 4 is 22.1 Å². The van der Waals surface area contributed by atoms with Crippen LogP contribution in [-0.4, -0.2) is 0 Å². The van der Waals surface area contributed by atoms with Gasteiger partial charge in [0.15, 0.2) is 0 Å². The van der Waals surface area contributed by atoms with E-state index in [4.69, 9.17) is 4.42 Å². The van der Waals surface area contributed by atoms with Gasteiger partial charge in [-0.15, -0.1) is 5.73 Å². The van der Waals surface area contributed by atoms with Crippen LogP contribution in [0.15, 0.2) is 77.4 Å². The third-order valence-electron chi connectivity index (χ3n) is 5.54. The minimum Gasteiger partial charge on any atom is -0.456 e. The summed E-state index contributed by atoms with van der Waals surface area (Å²) in [7, 11) is 0. The van der Waals surface area contributed by atoms with Crippen LogP contribution in [0.1, 0.15) is 57.4 Å². The van der Waals surface area contributed by atoms with Gasteiger partial charge in [-0.2, -0.15) is 0 Å². The number of fused-ring (bicyclic) bond motifs is 1. The Morgan fingerprint density at radius 3 is 2.32 bits per heavy atom. The molecule has 28 heavy (non-hydrogen) atoms. The smallest absolute Gasteiger partial charge is 0.139 e. The molecule has 0 saturated heterocycles. The van der Waals surface area contributed by atoms with Crippen molar-refractivity contribution in [3.05, 3.63) is 89.9 Å². The second-order valence-electron chi connectivity index (χ2n) is 9.40. The second kappa shape index (κ2) is 6.69. The summed E-state index contributed by atoms with van der Waals surface area (Å²) in [5.74, 6) is 0.969. The Labute approximate surface area is 168 Å². The highest BCUT2D eigenvalue weighted by Crippen LogP contribution is 2.50. The van der Waals surface area contributed by atoms with Crippen molar-refractivity contribution < 1.29 is 4.42 Å². The zero-order valence-corrected chi connectivity index (χ0v) is 17.3. The van der Waals surface area contributed by atoms with E-state index in [-0.39, 0.29) is 10.8 Å². The number of hydrogen-bond donors (Lipinski definition) is 0. The van der Waals surface area contributed by atoms with Gasteiger partial charge < -0.3 is 4.42 Å². The normalized spacial score (nSPS) is 17.8. The van der Waals surface area contributed by atoms with Gasteiger partial charge >= 0.3 is 0 Å². The first-order valence-electron chi connectivity index (χ1n) is 9.99. The number of benzene rings is 2. The van der Waals surface area contributed by atoms with Gasteiger partial charge in [0.05, 0.1) is 0 Å². The van der Waals surface area contributed by atoms with E-state index >= 15 is 0 Å². The first-order valence-corrected chi connectivity index (χ1v) is 9.99. The van der Waals surface area contributed by atoms with Crippen molar-refractivity contribution in [2.45, 2.75) is 40.5 Å². The molecule has 0 aliphatic heterocycles. The molecule has 3 aromatic rings. The van der Waals surface area contributed by atoms with Crippen LogP contribution in [0.5, 0.6) is 0 Å². The molecular weight excluding hydrogens is 340 g/mol. The average molecular weight is 369 g/mol. The fraction of sp³-hybridized carbons (Fsp3) is 0.296. The van der Waals surface area contributed by atoms with Crippen molar-refractivity contribution in [1.29, 1.82) is 0 Å². The molecular formula is C27H28O. The molecule has 0 spiro atoms. The van der Waals surface area contributed by atoms with E-state index in [0.717, 1.165) is 39.9 Å². The summed E-state index contributed by atoms with van der Waals surface area (Å²) in [6.07, 6.45) is 4.58. The molecule has 0 N–H and O–H groups in total. The van der Waals surface area contributed by atoms with Gasteiger partial charge in [-0.1, -0.05) is 88.9 Å². The van der Waals surface area contributed by atoms with Crippen molar-refractivity contribution in [3.63, 3.8) is 0 Å². The molecule has 0 bridgehead atoms. The van der Waals surface area contributed by atoms with Crippen molar-refractivity contribution in [2.75, 3.05) is 0 Å². The first-order chi connectivity index (χ1) is 13.3. The van der Waals surface area contributed by atoms with Crippen molar-refractivity contribution in [1.82, 2.24) is 0 Å². The van der Waals surface area contributed by atoms with Crippen LogP contribution in [-0.2, 0) is 0 Å². The number of hydrogen-bond acceptors (Lipinski definition) is 1. The van der Waals surface area contributed by atoms with Crippen LogP contribution in [0.3, 0.4) is 0 Å². The van der Waals surface area contributed by atoms with Crippen LogP contribution < -0.4 is 0 Å². The molecule has 1 aliphatic carbocycles. The molecule has 1 heterocycles. The van der Waals surface area contributed by atoms with Gasteiger partial charge in [-0.3, -0.25) is 0 Å². The quantitative estimate of drug-likeness (QED) is 0.428. The Balaban J connectivity index is 2.00. The third kappa shape index (κ3) is 3.39. The summed E-state index contributed by atoms with van der Waals surface area (Å²) >= 11 is 0. The molecule has 1 aliphatic rings. The maximum absolute atomic E-state index is 6.47. The number of furan rings is 1. The highest BCUT2D eigenvalue weighted by molar-refractivity contribution is 6.00. The molecule has 0 atom stereocenters. The monoisotopic (exact) mass is 368 g/mol. The summed E-state index contributed by atoms with van der Waals surface area (Å²) in [6, 6.07) is 18.7. The molecule has 0 amide bonds. The highest BCUT2D eigenvalue weighted by atomic mass is 16.3. The van der Waals surface area contributed by atoms with Crippen molar-refractivity contribution in [2.24, 2.45) is 10.8 Å². The predicted molar refractivity (Wildman–Crippen MR) is 119 cm³/mol. The van der Waals surface area contributed by atoms with Gasteiger partial charge in [0.25, 0.3) is 0 Å². The fourth-order valence-corrected chi connectivity index (χ4v) is 4.99. The van der Waals surface area contributed by atoms with Gasteiger partial charge in [0.2, 0.25) is 0 Å². The Kier molecular flexibility index (Phi) is 4.44. The number of rotatable bonds is 3. The van der Waals surface area contributed by atoms with E-state index in [1.54, 1.807) is 0 Å². The lowest BCUT2D eigenvalue weighted by Crippen LogP contribution is -2.26. The molecule has 2 aromatic carbocycles. The lowest BCUT2D eigenvalue weighted by molar-refractivity contribution is 0.227. The minimum atomic E-state index is 0.137. The summed E-state index contributed by atoms with van der Waals surface area (Å²) in [6.45, 7) is 13.4. The molecule has 142 valence electrons. The topological polar surface area (TPSA) is 13.1 Å². The molecule has 1 heteroatoms. The van der Waals surface area contributed by atoms with Gasteiger partial charge in [0, 0.05) is 16.5 Å². The van der Waals surface area contributed by atoms with Crippen LogP contribution in [0.4, 0.5) is 0 Å². The third-order valence-corrected chi connectivity index (χ3v) is 5.54. The molecule has 0 radical (unpaired) electrons. The number of para-hydroxylation sites is 1. The zero-order chi connectivity index (χ0) is 19.9. The van der Waals surface area contributed by atoms with E-state index in [0.29, 0.717) is 0 Å². The van der Waals surface area contributed by atoms with Crippen LogP contribution in [0.2, 0.25) is 0 Å². The van der Waals surface area contributed by atoms with Crippen LogP contribution in [0.25, 0.3) is 22.1 Å². The molecule has 0 unspecified atom stereocenters. The summed E-state index contributed by atoms with van der Waals surface area (Å²) < 4.78 is 6.47. The first kappa shape index (κ1) is 18.6. The lowest BCUT2D eigenvalue weighted by atomic mass is 9.66. The summed E-state index contributed by atoms with van der Waals surface area (Å²) in [5, 5.41) is 1.12. The van der Waals surface area contributed by atoms with Gasteiger partial charge in [-0.05, 0) is 40.9 Å². The number of allylic oxidation sites excluding steroid dienone is 2. The van der Waals surface area contributed by atoms with E-state index in [1.165, 1.54) is 12.0 Å². The maximum Gasteiger partial charge on any atom is 0.139 e. The van der Waals surface area contributed by atoms with Crippen LogP contribution in [0, 0.1) is 10.8 Å². The van der Waals surface area contributed by atoms with Gasteiger partial charge in [-0.25, -0.2) is 0 Å². The second-order valence-corrected chi connectivity index (χ2v) is 9.40. The summed E-state index contributed by atoms with van der Waals surface area (Å²) in [5.41, 5.74) is 9.01. The molecule has 4 rings (SSSR count). The highest BCUT2D eigenvalue weighted by Gasteiger charge is 2.36. The lowest BCUT2D eigenvalue weighted by Gasteiger charge is -2.39. The maximum atomic E-state index is 6.47. The van der Waals surface area contributed by atoms with E-state index in [9.17, 15) is 0 Å². The fourth-order valence-electron chi connectivity index (χ4n) is 4.99. The Morgan fingerprint density at radius 2 is 1.64 bits per heavy atom. The van der Waals surface area contributed by atoms with Crippen molar-refractivity contribution in [3.8, 4) is 0 Å². The SMILES string of the molecule is C=C=C(c1ccccc1)c1c(C2=CC(C)(C)CC(C)(C)C2)oc2ccccc12. The van der Waals surface area contributed by atoms with E-state index in [2.05, 4.69) is 82.5 Å². The van der Waals surface area contributed by atoms with Crippen LogP contribution >= 0.6 is 0 Å². The van der Waals surface area contributed by atoms with Gasteiger partial charge in [0.1, 0.15) is 11.3 Å². The Bertz CT molecular complexity index is 1100. The Morgan fingerprint density at radius 1 is 0.964 bits per heavy atom. The largest absolute Gasteiger partial charge is 0.456 e. The van der Waals surface area contributed by atoms with E-state index in [1.807, 2.05) is 18.2 Å². The molecule has 1 nitrogen and oxygen atoms in total. The average Bonchev–Trinajstić information content (AvgIpc) is 3.01. The summed E-state index contributed by atoms with van der Waals surface area (Å²) in [4.78, 5) is 0. The van der Waals surface area contributed by atoms with E-state index < -0.39 is 0 Å². The standard InChI is InChI=1S/C27H28O/c1-6-21(19-12-8-7-9-13-19)24-22-14-10-11-15-23(22)28-25(24)20-16-26(2,3)18-27(4,5)17-20/h7-16H,1,17-18H2,2-5H3. The zero-order valence-electron chi connectivity index (χ0n) is 17.3. The predicted octanol–water partition coefficient (Wildman–Crippen LogP) is 7.88. The molecule has 0 fully saturated rings. The molecule has 0 saturated carbocycles. The minimum absolute atomic E-state index is 0.137. The molecule has 1 aromatic heterocycles. The Hall–Kier alpha value is -2.76.